The summed E-state index contributed by atoms with van der Waals surface area (Å²) in [4.78, 5) is 37.8. The zero-order valence-electron chi connectivity index (χ0n) is 16.3. The maximum absolute atomic E-state index is 12.7. The van der Waals surface area contributed by atoms with Gasteiger partial charge in [-0.2, -0.15) is 5.26 Å². The summed E-state index contributed by atoms with van der Waals surface area (Å²) < 4.78 is 28.6. The van der Waals surface area contributed by atoms with Gasteiger partial charge in [0.25, 0.3) is 5.91 Å². The molecule has 1 heterocycles. The number of anilines is 1. The SMILES string of the molecule is CCN(C(=O)[C@H](C)OC(=O)c1ccc(NC(=O)CC#N)cc1)[C@H]1CCS(=O)(=O)C1. The molecular formula is C19H23N3O6S. The first kappa shape index (κ1) is 22.4. The van der Waals surface area contributed by atoms with Gasteiger partial charge in [0.15, 0.2) is 15.9 Å². The molecule has 2 atom stereocenters. The van der Waals surface area contributed by atoms with E-state index in [0.717, 1.165) is 0 Å². The lowest BCUT2D eigenvalue weighted by atomic mass is 10.2. The number of nitrogens with zero attached hydrogens (tertiary/aromatic N) is 2. The Balaban J connectivity index is 1.97. The number of nitrogens with one attached hydrogen (secondary N) is 1. The van der Waals surface area contributed by atoms with Gasteiger partial charge in [0, 0.05) is 18.3 Å². The van der Waals surface area contributed by atoms with Gasteiger partial charge in [-0.3, -0.25) is 9.59 Å². The minimum atomic E-state index is -3.14. The maximum Gasteiger partial charge on any atom is 0.338 e. The molecule has 0 aliphatic carbocycles. The molecule has 2 amide bonds. The van der Waals surface area contributed by atoms with Crippen LogP contribution in [0.3, 0.4) is 0 Å². The summed E-state index contributed by atoms with van der Waals surface area (Å²) in [6, 6.07) is 7.16. The molecule has 1 aromatic rings. The van der Waals surface area contributed by atoms with E-state index in [9.17, 15) is 22.8 Å². The number of hydrogen-bond donors (Lipinski definition) is 1. The van der Waals surface area contributed by atoms with Gasteiger partial charge >= 0.3 is 5.97 Å². The highest BCUT2D eigenvalue weighted by Crippen LogP contribution is 2.19. The van der Waals surface area contributed by atoms with Crippen molar-refractivity contribution in [2.45, 2.75) is 38.8 Å². The van der Waals surface area contributed by atoms with E-state index in [4.69, 9.17) is 10.00 Å². The van der Waals surface area contributed by atoms with Gasteiger partial charge in [0.1, 0.15) is 6.42 Å². The van der Waals surface area contributed by atoms with Crippen LogP contribution in [0.5, 0.6) is 0 Å². The number of rotatable bonds is 7. The molecule has 0 saturated carbocycles. The summed E-state index contributed by atoms with van der Waals surface area (Å²) in [5.41, 5.74) is 0.611. The Bertz CT molecular complexity index is 920. The third-order valence-corrected chi connectivity index (χ3v) is 6.30. The van der Waals surface area contributed by atoms with Crippen molar-refractivity contribution in [2.75, 3.05) is 23.4 Å². The predicted octanol–water partition coefficient (Wildman–Crippen LogP) is 1.12. The van der Waals surface area contributed by atoms with E-state index in [1.54, 1.807) is 13.0 Å². The van der Waals surface area contributed by atoms with Crippen LogP contribution in [-0.2, 0) is 24.2 Å². The van der Waals surface area contributed by atoms with Crippen molar-refractivity contribution in [3.63, 3.8) is 0 Å². The maximum atomic E-state index is 12.7. The van der Waals surface area contributed by atoms with E-state index < -0.39 is 39.8 Å². The number of carbonyl (C=O) groups excluding carboxylic acids is 3. The first-order valence-electron chi connectivity index (χ1n) is 9.15. The minimum absolute atomic E-state index is 0.0485. The number of sulfone groups is 1. The van der Waals surface area contributed by atoms with E-state index in [-0.39, 0.29) is 23.5 Å². The second kappa shape index (κ2) is 9.52. The Morgan fingerprint density at radius 3 is 2.48 bits per heavy atom. The Hall–Kier alpha value is -2.93. The van der Waals surface area contributed by atoms with Crippen LogP contribution in [0.4, 0.5) is 5.69 Å². The smallest absolute Gasteiger partial charge is 0.338 e. The Labute approximate surface area is 169 Å². The number of esters is 1. The average Bonchev–Trinajstić information content (AvgIpc) is 3.02. The molecule has 2 rings (SSSR count). The molecule has 1 aromatic carbocycles. The molecule has 0 aromatic heterocycles. The van der Waals surface area contributed by atoms with Crippen molar-refractivity contribution in [3.05, 3.63) is 29.8 Å². The van der Waals surface area contributed by atoms with Crippen molar-refractivity contribution in [1.82, 2.24) is 4.90 Å². The van der Waals surface area contributed by atoms with Gasteiger partial charge < -0.3 is 15.0 Å². The largest absolute Gasteiger partial charge is 0.449 e. The highest BCUT2D eigenvalue weighted by atomic mass is 32.2. The van der Waals surface area contributed by atoms with Crippen LogP contribution in [0.1, 0.15) is 37.0 Å². The number of carbonyl (C=O) groups is 3. The molecule has 1 aliphatic rings. The molecule has 9 nitrogen and oxygen atoms in total. The van der Waals surface area contributed by atoms with E-state index in [1.807, 2.05) is 0 Å². The molecular weight excluding hydrogens is 398 g/mol. The molecule has 1 N–H and O–H groups in total. The first-order chi connectivity index (χ1) is 13.7. The van der Waals surface area contributed by atoms with Crippen molar-refractivity contribution in [2.24, 2.45) is 0 Å². The normalized spacial score (nSPS) is 18.3. The quantitative estimate of drug-likeness (QED) is 0.652. The Kier molecular flexibility index (Phi) is 7.34. The van der Waals surface area contributed by atoms with E-state index in [2.05, 4.69) is 5.32 Å². The number of likely N-dealkylation sites (N-methyl/N-ethyl adjacent to an activating group) is 1. The molecule has 1 fully saturated rings. The summed E-state index contributed by atoms with van der Waals surface area (Å²) in [5.74, 6) is -1.64. The molecule has 10 heteroatoms. The number of benzene rings is 1. The number of amides is 2. The van der Waals surface area contributed by atoms with Crippen LogP contribution >= 0.6 is 0 Å². The van der Waals surface area contributed by atoms with Crippen LogP contribution in [0.15, 0.2) is 24.3 Å². The lowest BCUT2D eigenvalue weighted by Crippen LogP contribution is -2.46. The predicted molar refractivity (Wildman–Crippen MR) is 105 cm³/mol. The van der Waals surface area contributed by atoms with Crippen LogP contribution < -0.4 is 5.32 Å². The van der Waals surface area contributed by atoms with Crippen LogP contribution in [0.2, 0.25) is 0 Å². The van der Waals surface area contributed by atoms with E-state index in [1.165, 1.54) is 36.1 Å². The lowest BCUT2D eigenvalue weighted by molar-refractivity contribution is -0.141. The molecule has 0 bridgehead atoms. The van der Waals surface area contributed by atoms with Crippen molar-refractivity contribution in [3.8, 4) is 6.07 Å². The molecule has 1 aliphatic heterocycles. The summed E-state index contributed by atoms with van der Waals surface area (Å²) in [7, 11) is -3.14. The minimum Gasteiger partial charge on any atom is -0.449 e. The number of ether oxygens (including phenoxy) is 1. The monoisotopic (exact) mass is 421 g/mol. The lowest BCUT2D eigenvalue weighted by Gasteiger charge is -2.29. The highest BCUT2D eigenvalue weighted by Gasteiger charge is 2.36. The second-order valence-electron chi connectivity index (χ2n) is 6.69. The molecule has 156 valence electrons. The highest BCUT2D eigenvalue weighted by molar-refractivity contribution is 7.91. The number of hydrogen-bond acceptors (Lipinski definition) is 7. The molecule has 0 radical (unpaired) electrons. The zero-order chi connectivity index (χ0) is 21.6. The molecule has 0 spiro atoms. The fourth-order valence-electron chi connectivity index (χ4n) is 3.09. The number of nitriles is 1. The summed E-state index contributed by atoms with van der Waals surface area (Å²) >= 11 is 0. The summed E-state index contributed by atoms with van der Waals surface area (Å²) in [5, 5.41) is 11.0. The van der Waals surface area contributed by atoms with Gasteiger partial charge in [-0.25, -0.2) is 13.2 Å². The summed E-state index contributed by atoms with van der Waals surface area (Å²) in [6.45, 7) is 3.51. The standard InChI is InChI=1S/C19H23N3O6S/c1-3-22(16-9-11-29(26,27)12-16)18(24)13(2)28-19(25)14-4-6-15(7-5-14)21-17(23)8-10-20/h4-7,13,16H,3,8-9,11-12H2,1-2H3,(H,21,23)/t13-,16-/m0/s1. The Morgan fingerprint density at radius 1 is 1.31 bits per heavy atom. The third-order valence-electron chi connectivity index (χ3n) is 4.55. The molecule has 29 heavy (non-hydrogen) atoms. The van der Waals surface area contributed by atoms with Crippen molar-refractivity contribution in [1.29, 1.82) is 5.26 Å². The molecule has 0 unspecified atom stereocenters. The zero-order valence-corrected chi connectivity index (χ0v) is 17.1. The molecule has 1 saturated heterocycles. The summed E-state index contributed by atoms with van der Waals surface area (Å²) in [6.07, 6.45) is -0.970. The van der Waals surface area contributed by atoms with Gasteiger partial charge in [-0.15, -0.1) is 0 Å². The third kappa shape index (κ3) is 6.02. The van der Waals surface area contributed by atoms with Gasteiger partial charge in [0.05, 0.1) is 23.1 Å². The fraction of sp³-hybridized carbons (Fsp3) is 0.474. The van der Waals surface area contributed by atoms with Gasteiger partial charge in [-0.05, 0) is 44.5 Å². The van der Waals surface area contributed by atoms with Crippen LogP contribution in [0.25, 0.3) is 0 Å². The Morgan fingerprint density at radius 2 is 1.97 bits per heavy atom. The van der Waals surface area contributed by atoms with Gasteiger partial charge in [-0.1, -0.05) is 0 Å². The van der Waals surface area contributed by atoms with E-state index >= 15 is 0 Å². The van der Waals surface area contributed by atoms with Gasteiger partial charge in [0.2, 0.25) is 5.91 Å². The van der Waals surface area contributed by atoms with Crippen LogP contribution in [-0.4, -0.2) is 61.3 Å². The van der Waals surface area contributed by atoms with Crippen LogP contribution in [0, 0.1) is 11.3 Å². The first-order valence-corrected chi connectivity index (χ1v) is 11.0. The topological polar surface area (TPSA) is 134 Å². The van der Waals surface area contributed by atoms with Crippen molar-refractivity contribution >= 4 is 33.3 Å². The van der Waals surface area contributed by atoms with E-state index in [0.29, 0.717) is 18.7 Å². The fourth-order valence-corrected chi connectivity index (χ4v) is 4.83. The average molecular weight is 421 g/mol. The van der Waals surface area contributed by atoms with Crippen molar-refractivity contribution < 1.29 is 27.5 Å². The second-order valence-corrected chi connectivity index (χ2v) is 8.92.